The molecule has 3 aromatic carbocycles. The summed E-state index contributed by atoms with van der Waals surface area (Å²) in [6.07, 6.45) is 0.454. The monoisotopic (exact) mass is 544 g/mol. The first kappa shape index (κ1) is 28.8. The molecule has 210 valence electrons. The number of aliphatic hydroxyl groups is 1. The Labute approximate surface area is 234 Å². The van der Waals surface area contributed by atoms with Crippen LogP contribution in [0.1, 0.15) is 45.1 Å². The number of hydrogen-bond acceptors (Lipinski definition) is 6. The van der Waals surface area contributed by atoms with E-state index in [-0.39, 0.29) is 6.42 Å². The predicted molar refractivity (Wildman–Crippen MR) is 154 cm³/mol. The van der Waals surface area contributed by atoms with Gasteiger partial charge in [0.25, 0.3) is 0 Å². The fraction of sp³-hybridized carbons (Fsp3) is 0.344. The molecule has 1 saturated carbocycles. The van der Waals surface area contributed by atoms with Crippen molar-refractivity contribution in [3.8, 4) is 11.5 Å². The zero-order chi connectivity index (χ0) is 28.7. The number of nitrogens with one attached hydrogen (secondary N) is 2. The number of carbonyl (C=O) groups is 3. The number of Topliss-reactive ketones (excluding diaryl/α,β-unsaturated/α-hetero) is 1. The van der Waals surface area contributed by atoms with E-state index in [1.807, 2.05) is 26.0 Å². The summed E-state index contributed by atoms with van der Waals surface area (Å²) in [6, 6.07) is 22.9. The highest BCUT2D eigenvalue weighted by Gasteiger charge is 2.56. The van der Waals surface area contributed by atoms with E-state index in [9.17, 15) is 19.5 Å². The Morgan fingerprint density at radius 2 is 1.48 bits per heavy atom. The van der Waals surface area contributed by atoms with E-state index in [4.69, 9.17) is 9.47 Å². The fourth-order valence-corrected chi connectivity index (χ4v) is 5.31. The van der Waals surface area contributed by atoms with Gasteiger partial charge in [-0.2, -0.15) is 0 Å². The number of anilines is 2. The standard InChI is InChI=1S/C32H36N2O6/c1-4-18-40-25-17-16-21(19-26(25)39-5-2)27-28(30(36)33-22-12-8-6-9-13-22)24(35)20-32(3,38)29(27)31(37)34-23-14-10-7-11-15-23/h6-17,19,27-29,38H,4-5,18,20H2,1-3H3,(H,33,36)(H,34,37). The molecular weight excluding hydrogens is 508 g/mol. The summed E-state index contributed by atoms with van der Waals surface area (Å²) in [4.78, 5) is 41.1. The topological polar surface area (TPSA) is 114 Å². The first-order valence-electron chi connectivity index (χ1n) is 13.6. The van der Waals surface area contributed by atoms with Crippen LogP contribution in [0.15, 0.2) is 78.9 Å². The number of carbonyl (C=O) groups excluding carboxylic acids is 3. The van der Waals surface area contributed by atoms with E-state index in [1.165, 1.54) is 6.92 Å². The SMILES string of the molecule is CCCOc1ccc(C2C(C(=O)Nc3ccccc3)C(=O)CC(C)(O)C2C(=O)Nc2ccccc2)cc1OCC. The molecule has 0 aromatic heterocycles. The minimum atomic E-state index is -1.71. The van der Waals surface area contributed by atoms with Crippen LogP contribution in [-0.4, -0.2) is 41.5 Å². The van der Waals surface area contributed by atoms with E-state index in [1.54, 1.807) is 66.7 Å². The zero-order valence-electron chi connectivity index (χ0n) is 23.1. The minimum absolute atomic E-state index is 0.348. The summed E-state index contributed by atoms with van der Waals surface area (Å²) in [5.74, 6) is -3.86. The van der Waals surface area contributed by atoms with E-state index in [2.05, 4.69) is 10.6 Å². The highest BCUT2D eigenvalue weighted by atomic mass is 16.5. The highest BCUT2D eigenvalue weighted by Crippen LogP contribution is 2.48. The van der Waals surface area contributed by atoms with Crippen molar-refractivity contribution in [3.63, 3.8) is 0 Å². The molecule has 0 heterocycles. The minimum Gasteiger partial charge on any atom is -0.490 e. The quantitative estimate of drug-likeness (QED) is 0.303. The van der Waals surface area contributed by atoms with Crippen molar-refractivity contribution >= 4 is 29.0 Å². The van der Waals surface area contributed by atoms with Crippen LogP contribution in [0.25, 0.3) is 0 Å². The zero-order valence-corrected chi connectivity index (χ0v) is 23.1. The highest BCUT2D eigenvalue weighted by molar-refractivity contribution is 6.10. The predicted octanol–water partition coefficient (Wildman–Crippen LogP) is 5.19. The number of amides is 2. The average Bonchev–Trinajstić information content (AvgIpc) is 2.92. The summed E-state index contributed by atoms with van der Waals surface area (Å²) < 4.78 is 11.7. The van der Waals surface area contributed by atoms with Crippen molar-refractivity contribution in [1.29, 1.82) is 0 Å². The third kappa shape index (κ3) is 6.51. The molecule has 4 unspecified atom stereocenters. The first-order chi connectivity index (χ1) is 19.2. The van der Waals surface area contributed by atoms with Crippen LogP contribution in [0.4, 0.5) is 11.4 Å². The molecule has 0 radical (unpaired) electrons. The second kappa shape index (κ2) is 12.8. The van der Waals surface area contributed by atoms with Gasteiger partial charge in [-0.3, -0.25) is 14.4 Å². The molecular formula is C32H36N2O6. The van der Waals surface area contributed by atoms with Crippen LogP contribution in [0.3, 0.4) is 0 Å². The Balaban J connectivity index is 1.81. The Bertz CT molecular complexity index is 1330. The van der Waals surface area contributed by atoms with Gasteiger partial charge in [0, 0.05) is 23.7 Å². The maximum atomic E-state index is 13.8. The number of hydrogen-bond donors (Lipinski definition) is 3. The molecule has 2 amide bonds. The molecule has 3 N–H and O–H groups in total. The molecule has 3 aromatic rings. The molecule has 1 aliphatic rings. The second-order valence-corrected chi connectivity index (χ2v) is 10.2. The van der Waals surface area contributed by atoms with Gasteiger partial charge in [-0.15, -0.1) is 0 Å². The van der Waals surface area contributed by atoms with Crippen LogP contribution in [0.5, 0.6) is 11.5 Å². The Morgan fingerprint density at radius 3 is 2.05 bits per heavy atom. The summed E-state index contributed by atoms with van der Waals surface area (Å²) in [5.41, 5.74) is -0.127. The van der Waals surface area contributed by atoms with Crippen LogP contribution in [0, 0.1) is 11.8 Å². The van der Waals surface area contributed by atoms with Gasteiger partial charge in [0.15, 0.2) is 11.5 Å². The number of benzene rings is 3. The van der Waals surface area contributed by atoms with Gasteiger partial charge in [-0.1, -0.05) is 49.4 Å². The van der Waals surface area contributed by atoms with Gasteiger partial charge in [0.1, 0.15) is 11.7 Å². The lowest BCUT2D eigenvalue weighted by atomic mass is 9.61. The van der Waals surface area contributed by atoms with Crippen molar-refractivity contribution in [2.24, 2.45) is 11.8 Å². The summed E-state index contributed by atoms with van der Waals surface area (Å²) >= 11 is 0. The lowest BCUT2D eigenvalue weighted by Gasteiger charge is -2.44. The average molecular weight is 545 g/mol. The third-order valence-corrected chi connectivity index (χ3v) is 7.03. The van der Waals surface area contributed by atoms with E-state index < -0.39 is 41.0 Å². The van der Waals surface area contributed by atoms with Crippen molar-refractivity contribution in [2.75, 3.05) is 23.8 Å². The molecule has 40 heavy (non-hydrogen) atoms. The van der Waals surface area contributed by atoms with Crippen LogP contribution in [0.2, 0.25) is 0 Å². The van der Waals surface area contributed by atoms with Crippen molar-refractivity contribution in [3.05, 3.63) is 84.4 Å². The second-order valence-electron chi connectivity index (χ2n) is 10.2. The molecule has 0 saturated heterocycles. The molecule has 0 aliphatic heterocycles. The number of rotatable bonds is 10. The first-order valence-corrected chi connectivity index (χ1v) is 13.6. The molecule has 0 bridgehead atoms. The summed E-state index contributed by atoms with van der Waals surface area (Å²) in [7, 11) is 0. The smallest absolute Gasteiger partial charge is 0.235 e. The third-order valence-electron chi connectivity index (χ3n) is 7.03. The molecule has 8 heteroatoms. The number of ether oxygens (including phenoxy) is 2. The van der Waals surface area contributed by atoms with Crippen molar-refractivity contribution < 1.29 is 29.0 Å². The van der Waals surface area contributed by atoms with Crippen molar-refractivity contribution in [2.45, 2.75) is 45.1 Å². The molecule has 0 spiro atoms. The van der Waals surface area contributed by atoms with Gasteiger partial charge < -0.3 is 25.2 Å². The lowest BCUT2D eigenvalue weighted by Crippen LogP contribution is -2.56. The number of ketones is 1. The van der Waals surface area contributed by atoms with Crippen LogP contribution < -0.4 is 20.1 Å². The maximum absolute atomic E-state index is 13.8. The molecule has 4 rings (SSSR count). The van der Waals surface area contributed by atoms with E-state index >= 15 is 0 Å². The van der Waals surface area contributed by atoms with Crippen LogP contribution >= 0.6 is 0 Å². The Hall–Kier alpha value is -4.17. The Kier molecular flexibility index (Phi) is 9.22. The van der Waals surface area contributed by atoms with Crippen LogP contribution in [-0.2, 0) is 14.4 Å². The lowest BCUT2D eigenvalue weighted by molar-refractivity contribution is -0.150. The normalized spacial score (nSPS) is 22.3. The van der Waals surface area contributed by atoms with Gasteiger partial charge in [0.2, 0.25) is 11.8 Å². The largest absolute Gasteiger partial charge is 0.490 e. The molecule has 8 nitrogen and oxygen atoms in total. The van der Waals surface area contributed by atoms with Gasteiger partial charge in [-0.05, 0) is 62.2 Å². The fourth-order valence-electron chi connectivity index (χ4n) is 5.31. The summed E-state index contributed by atoms with van der Waals surface area (Å²) in [5, 5.41) is 17.2. The van der Waals surface area contributed by atoms with Crippen molar-refractivity contribution in [1.82, 2.24) is 0 Å². The molecule has 1 aliphatic carbocycles. The number of para-hydroxylation sites is 2. The van der Waals surface area contributed by atoms with E-state index in [0.29, 0.717) is 41.7 Å². The van der Waals surface area contributed by atoms with E-state index in [0.717, 1.165) is 6.42 Å². The molecule has 1 fully saturated rings. The Morgan fingerprint density at radius 1 is 0.875 bits per heavy atom. The summed E-state index contributed by atoms with van der Waals surface area (Å²) in [6.45, 7) is 6.16. The van der Waals surface area contributed by atoms with Gasteiger partial charge >= 0.3 is 0 Å². The maximum Gasteiger partial charge on any atom is 0.235 e. The molecule has 4 atom stereocenters. The van der Waals surface area contributed by atoms with Gasteiger partial charge in [-0.25, -0.2) is 0 Å². The van der Waals surface area contributed by atoms with Gasteiger partial charge in [0.05, 0.1) is 24.7 Å².